The molecule has 19 heavy (non-hydrogen) atoms. The van der Waals surface area contributed by atoms with E-state index in [0.29, 0.717) is 23.8 Å². The van der Waals surface area contributed by atoms with Gasteiger partial charge in [0.15, 0.2) is 6.61 Å². The van der Waals surface area contributed by atoms with E-state index in [1.165, 1.54) is 0 Å². The van der Waals surface area contributed by atoms with Gasteiger partial charge in [-0.25, -0.2) is 8.42 Å². The van der Waals surface area contributed by atoms with Gasteiger partial charge in [-0.1, -0.05) is 26.0 Å². The number of sulfonamides is 1. The zero-order valence-corrected chi connectivity index (χ0v) is 11.9. The summed E-state index contributed by atoms with van der Waals surface area (Å²) in [5, 5.41) is 8.48. The van der Waals surface area contributed by atoms with Gasteiger partial charge in [0.1, 0.15) is 11.8 Å². The molecule has 0 fully saturated rings. The van der Waals surface area contributed by atoms with Crippen LogP contribution in [0.5, 0.6) is 5.75 Å². The van der Waals surface area contributed by atoms with Crippen LogP contribution in [0.25, 0.3) is 0 Å². The maximum absolute atomic E-state index is 11.9. The summed E-state index contributed by atoms with van der Waals surface area (Å²) in [6.45, 7) is 3.82. The van der Waals surface area contributed by atoms with Crippen LogP contribution < -0.4 is 9.46 Å². The quantitative estimate of drug-likeness (QED) is 0.832. The molecular weight excluding hydrogens is 264 g/mol. The molecule has 6 heteroatoms. The van der Waals surface area contributed by atoms with E-state index < -0.39 is 10.0 Å². The molecule has 0 bridgehead atoms. The Morgan fingerprint density at radius 2 is 2.05 bits per heavy atom. The molecule has 0 unspecified atom stereocenters. The number of nitrogens with one attached hydrogen (secondary N) is 1. The van der Waals surface area contributed by atoms with E-state index in [0.717, 1.165) is 0 Å². The van der Waals surface area contributed by atoms with Crippen LogP contribution in [0.15, 0.2) is 24.3 Å². The molecule has 0 saturated carbocycles. The zero-order valence-electron chi connectivity index (χ0n) is 11.1. The van der Waals surface area contributed by atoms with E-state index in [1.807, 2.05) is 19.9 Å². The van der Waals surface area contributed by atoms with E-state index in [1.54, 1.807) is 24.3 Å². The highest BCUT2D eigenvalue weighted by Crippen LogP contribution is 2.25. The largest absolute Gasteiger partial charge is 0.477 e. The number of ether oxygens (including phenoxy) is 1. The first-order valence-electron chi connectivity index (χ1n) is 6.04. The monoisotopic (exact) mass is 282 g/mol. The number of rotatable bonds is 7. The molecule has 0 spiro atoms. The maximum atomic E-state index is 11.9. The smallest absolute Gasteiger partial charge is 0.232 e. The molecule has 0 amide bonds. The fourth-order valence-electron chi connectivity index (χ4n) is 1.40. The van der Waals surface area contributed by atoms with E-state index in [2.05, 4.69) is 4.72 Å². The van der Waals surface area contributed by atoms with Gasteiger partial charge in [0.25, 0.3) is 0 Å². The minimum atomic E-state index is -3.39. The Labute approximate surface area is 114 Å². The topological polar surface area (TPSA) is 79.2 Å². The first-order chi connectivity index (χ1) is 8.94. The summed E-state index contributed by atoms with van der Waals surface area (Å²) >= 11 is 0. The van der Waals surface area contributed by atoms with E-state index >= 15 is 0 Å². The zero-order chi connectivity index (χ0) is 14.3. The minimum absolute atomic E-state index is 0.0667. The van der Waals surface area contributed by atoms with Gasteiger partial charge in [-0.15, -0.1) is 0 Å². The lowest BCUT2D eigenvalue weighted by Gasteiger charge is -2.12. The third-order valence-corrected chi connectivity index (χ3v) is 3.71. The maximum Gasteiger partial charge on any atom is 0.232 e. The second kappa shape index (κ2) is 7.00. The standard InChI is InChI=1S/C13H18N2O3S/c1-11(2)7-10-19(16,17)15-12-5-3-4-6-13(12)18-9-8-14/h3-6,11,15H,7,9-10H2,1-2H3. The number of nitrogens with zero attached hydrogens (tertiary/aromatic N) is 1. The summed E-state index contributed by atoms with van der Waals surface area (Å²) in [5.41, 5.74) is 0.363. The molecule has 0 aliphatic heterocycles. The molecule has 0 heterocycles. The van der Waals surface area contributed by atoms with Crippen LogP contribution in [-0.4, -0.2) is 20.8 Å². The van der Waals surface area contributed by atoms with Crippen LogP contribution in [0.1, 0.15) is 20.3 Å². The molecular formula is C13H18N2O3S. The number of benzene rings is 1. The molecule has 1 N–H and O–H groups in total. The van der Waals surface area contributed by atoms with Gasteiger partial charge >= 0.3 is 0 Å². The lowest BCUT2D eigenvalue weighted by Crippen LogP contribution is -2.18. The summed E-state index contributed by atoms with van der Waals surface area (Å²) in [6.07, 6.45) is 0.594. The van der Waals surface area contributed by atoms with Crippen molar-refractivity contribution in [3.63, 3.8) is 0 Å². The summed E-state index contributed by atoms with van der Waals surface area (Å²) in [6, 6.07) is 8.51. The molecule has 0 aliphatic rings. The predicted molar refractivity (Wildman–Crippen MR) is 74.4 cm³/mol. The number of hydrogen-bond acceptors (Lipinski definition) is 4. The van der Waals surface area contributed by atoms with Crippen molar-refractivity contribution in [1.82, 2.24) is 0 Å². The predicted octanol–water partition coefficient (Wildman–Crippen LogP) is 2.38. The molecule has 0 aliphatic carbocycles. The SMILES string of the molecule is CC(C)CCS(=O)(=O)Nc1ccccc1OCC#N. The van der Waals surface area contributed by atoms with Crippen molar-refractivity contribution >= 4 is 15.7 Å². The van der Waals surface area contributed by atoms with Gasteiger partial charge in [-0.05, 0) is 24.5 Å². The summed E-state index contributed by atoms with van der Waals surface area (Å²) in [5.74, 6) is 0.746. The van der Waals surface area contributed by atoms with Crippen LogP contribution in [0.3, 0.4) is 0 Å². The number of nitriles is 1. The normalized spacial score (nSPS) is 11.1. The van der Waals surface area contributed by atoms with Crippen LogP contribution in [0.4, 0.5) is 5.69 Å². The Balaban J connectivity index is 2.78. The van der Waals surface area contributed by atoms with Crippen molar-refractivity contribution in [2.75, 3.05) is 17.1 Å². The molecule has 0 aromatic heterocycles. The van der Waals surface area contributed by atoms with Crippen LogP contribution in [0.2, 0.25) is 0 Å². The van der Waals surface area contributed by atoms with Gasteiger partial charge in [0, 0.05) is 0 Å². The first-order valence-corrected chi connectivity index (χ1v) is 7.69. The van der Waals surface area contributed by atoms with Gasteiger partial charge in [0.05, 0.1) is 11.4 Å². The van der Waals surface area contributed by atoms with Crippen molar-refractivity contribution in [1.29, 1.82) is 5.26 Å². The van der Waals surface area contributed by atoms with E-state index in [-0.39, 0.29) is 12.4 Å². The van der Waals surface area contributed by atoms with Crippen molar-refractivity contribution in [2.24, 2.45) is 5.92 Å². The molecule has 0 atom stereocenters. The Morgan fingerprint density at radius 1 is 1.37 bits per heavy atom. The molecule has 0 radical (unpaired) electrons. The van der Waals surface area contributed by atoms with Gasteiger partial charge in [-0.2, -0.15) is 5.26 Å². The minimum Gasteiger partial charge on any atom is -0.477 e. The lowest BCUT2D eigenvalue weighted by molar-refractivity contribution is 0.370. The van der Waals surface area contributed by atoms with E-state index in [9.17, 15) is 8.42 Å². The highest BCUT2D eigenvalue weighted by Gasteiger charge is 2.14. The van der Waals surface area contributed by atoms with Crippen molar-refractivity contribution in [3.05, 3.63) is 24.3 Å². The molecule has 1 aromatic rings. The van der Waals surface area contributed by atoms with Crippen molar-refractivity contribution in [2.45, 2.75) is 20.3 Å². The summed E-state index contributed by atoms with van der Waals surface area (Å²) < 4.78 is 31.5. The summed E-state index contributed by atoms with van der Waals surface area (Å²) in [4.78, 5) is 0. The Hall–Kier alpha value is -1.74. The van der Waals surface area contributed by atoms with Gasteiger partial charge in [-0.3, -0.25) is 4.72 Å². The van der Waals surface area contributed by atoms with Crippen LogP contribution >= 0.6 is 0 Å². The lowest BCUT2D eigenvalue weighted by atomic mass is 10.2. The molecule has 5 nitrogen and oxygen atoms in total. The molecule has 1 aromatic carbocycles. The van der Waals surface area contributed by atoms with Crippen molar-refractivity contribution in [3.8, 4) is 11.8 Å². The van der Waals surface area contributed by atoms with Gasteiger partial charge < -0.3 is 4.74 Å². The fourth-order valence-corrected chi connectivity index (χ4v) is 2.78. The number of hydrogen-bond donors (Lipinski definition) is 1. The van der Waals surface area contributed by atoms with Crippen LogP contribution in [-0.2, 0) is 10.0 Å². The number of para-hydroxylation sites is 2. The van der Waals surface area contributed by atoms with Crippen molar-refractivity contribution < 1.29 is 13.2 Å². The third-order valence-electron chi connectivity index (χ3n) is 2.41. The number of anilines is 1. The third kappa shape index (κ3) is 5.62. The van der Waals surface area contributed by atoms with E-state index in [4.69, 9.17) is 10.00 Å². The highest BCUT2D eigenvalue weighted by molar-refractivity contribution is 7.92. The molecule has 0 saturated heterocycles. The Kier molecular flexibility index (Phi) is 5.64. The van der Waals surface area contributed by atoms with Gasteiger partial charge in [0.2, 0.25) is 10.0 Å². The second-order valence-electron chi connectivity index (χ2n) is 4.55. The molecule has 1 rings (SSSR count). The fraction of sp³-hybridized carbons (Fsp3) is 0.462. The van der Waals surface area contributed by atoms with Crippen LogP contribution in [0, 0.1) is 17.2 Å². The Morgan fingerprint density at radius 3 is 2.68 bits per heavy atom. The second-order valence-corrected chi connectivity index (χ2v) is 6.39. The molecule has 104 valence electrons. The highest BCUT2D eigenvalue weighted by atomic mass is 32.2. The Bertz CT molecular complexity index is 547. The first kappa shape index (κ1) is 15.3. The average molecular weight is 282 g/mol. The summed E-state index contributed by atoms with van der Waals surface area (Å²) in [7, 11) is -3.39. The average Bonchev–Trinajstić information content (AvgIpc) is 2.35.